The second-order valence-electron chi connectivity index (χ2n) is 4.62. The number of carbonyl (C=O) groups is 2. The van der Waals surface area contributed by atoms with E-state index < -0.39 is 17.8 Å². The number of aliphatic carboxylic acids is 1. The summed E-state index contributed by atoms with van der Waals surface area (Å²) in [5, 5.41) is 18.7. The number of carboxylic acids is 1. The Bertz CT molecular complexity index is 682. The second-order valence-corrected chi connectivity index (χ2v) is 4.62. The lowest BCUT2D eigenvalue weighted by Gasteiger charge is -2.18. The minimum absolute atomic E-state index is 0.0188. The van der Waals surface area contributed by atoms with Gasteiger partial charge < -0.3 is 15.7 Å². The van der Waals surface area contributed by atoms with Gasteiger partial charge in [0.2, 0.25) is 11.9 Å². The fourth-order valence-corrected chi connectivity index (χ4v) is 2.05. The molecular formula is C13H13N5O3. The van der Waals surface area contributed by atoms with E-state index in [0.29, 0.717) is 6.54 Å². The minimum atomic E-state index is -1.17. The van der Waals surface area contributed by atoms with Crippen molar-refractivity contribution in [3.05, 3.63) is 35.9 Å². The van der Waals surface area contributed by atoms with Crippen LogP contribution in [0.4, 0.5) is 11.9 Å². The number of carboxylic acid groups (broad SMARTS) is 1. The van der Waals surface area contributed by atoms with Crippen molar-refractivity contribution in [1.82, 2.24) is 14.8 Å². The number of benzene rings is 1. The highest BCUT2D eigenvalue weighted by molar-refractivity contribution is 6.00. The Labute approximate surface area is 119 Å². The van der Waals surface area contributed by atoms with Crippen molar-refractivity contribution in [2.45, 2.75) is 6.54 Å². The van der Waals surface area contributed by atoms with Crippen molar-refractivity contribution >= 4 is 23.8 Å². The first-order chi connectivity index (χ1) is 10.1. The van der Waals surface area contributed by atoms with Crippen molar-refractivity contribution in [1.29, 1.82) is 0 Å². The van der Waals surface area contributed by atoms with Gasteiger partial charge in [-0.3, -0.25) is 9.59 Å². The molecule has 8 nitrogen and oxygen atoms in total. The lowest BCUT2D eigenvalue weighted by molar-refractivity contribution is -0.139. The smallest absolute Gasteiger partial charge is 0.317 e. The lowest BCUT2D eigenvalue weighted by Crippen LogP contribution is -2.40. The van der Waals surface area contributed by atoms with E-state index in [9.17, 15) is 9.59 Å². The average Bonchev–Trinajstić information content (AvgIpc) is 2.90. The van der Waals surface area contributed by atoms with Crippen LogP contribution in [0.5, 0.6) is 0 Å². The fourth-order valence-electron chi connectivity index (χ4n) is 2.05. The topological polar surface area (TPSA) is 109 Å². The van der Waals surface area contributed by atoms with E-state index >= 15 is 0 Å². The highest BCUT2D eigenvalue weighted by Gasteiger charge is 2.34. The van der Waals surface area contributed by atoms with E-state index in [1.54, 1.807) is 0 Å². The molecule has 3 rings (SSSR count). The standard InChI is InChI=1S/C13H13N5O3/c19-10-9(11(20)21)7-15-13-16-12(17-18(10)13)14-6-8-4-2-1-3-5-8/h1-5,9H,6-7H2,(H,20,21)(H2,14,15,16,17). The van der Waals surface area contributed by atoms with Crippen LogP contribution in [-0.4, -0.2) is 38.3 Å². The summed E-state index contributed by atoms with van der Waals surface area (Å²) in [4.78, 5) is 27.0. The van der Waals surface area contributed by atoms with E-state index in [1.165, 1.54) is 0 Å². The molecule has 2 aromatic rings. The maximum atomic E-state index is 12.0. The molecular weight excluding hydrogens is 274 g/mol. The number of fused-ring (bicyclic) bond motifs is 1. The molecule has 2 heterocycles. The van der Waals surface area contributed by atoms with Crippen molar-refractivity contribution in [3.8, 4) is 0 Å². The zero-order chi connectivity index (χ0) is 14.8. The molecule has 1 atom stereocenters. The highest BCUT2D eigenvalue weighted by atomic mass is 16.4. The van der Waals surface area contributed by atoms with Gasteiger partial charge in [-0.25, -0.2) is 0 Å². The largest absolute Gasteiger partial charge is 0.481 e. The van der Waals surface area contributed by atoms with Crippen LogP contribution in [0.3, 0.4) is 0 Å². The Morgan fingerprint density at radius 1 is 1.43 bits per heavy atom. The number of nitrogens with one attached hydrogen (secondary N) is 2. The Hall–Kier alpha value is -2.90. The van der Waals surface area contributed by atoms with Crippen molar-refractivity contribution in [2.75, 3.05) is 17.2 Å². The maximum Gasteiger partial charge on any atom is 0.317 e. The number of anilines is 2. The van der Waals surface area contributed by atoms with Gasteiger partial charge in [0.25, 0.3) is 5.91 Å². The highest BCUT2D eigenvalue weighted by Crippen LogP contribution is 2.18. The monoisotopic (exact) mass is 287 g/mol. The summed E-state index contributed by atoms with van der Waals surface area (Å²) in [6, 6.07) is 9.67. The van der Waals surface area contributed by atoms with Gasteiger partial charge in [-0.05, 0) is 5.56 Å². The molecule has 0 amide bonds. The van der Waals surface area contributed by atoms with Gasteiger partial charge in [-0.1, -0.05) is 30.3 Å². The van der Waals surface area contributed by atoms with E-state index in [1.807, 2.05) is 30.3 Å². The Kier molecular flexibility index (Phi) is 3.27. The van der Waals surface area contributed by atoms with Crippen molar-refractivity contribution in [2.24, 2.45) is 5.92 Å². The molecule has 3 N–H and O–H groups in total. The average molecular weight is 287 g/mol. The number of rotatable bonds is 4. The first kappa shape index (κ1) is 13.1. The summed E-state index contributed by atoms with van der Waals surface area (Å²) < 4.78 is 0.996. The summed E-state index contributed by atoms with van der Waals surface area (Å²) >= 11 is 0. The lowest BCUT2D eigenvalue weighted by atomic mass is 10.1. The molecule has 0 bridgehead atoms. The van der Waals surface area contributed by atoms with Crippen LogP contribution < -0.4 is 10.6 Å². The molecule has 1 aromatic carbocycles. The quantitative estimate of drug-likeness (QED) is 0.708. The molecule has 0 fully saturated rings. The van der Waals surface area contributed by atoms with Crippen LogP contribution in [0.25, 0.3) is 0 Å². The number of carbonyl (C=O) groups excluding carboxylic acids is 1. The molecule has 0 radical (unpaired) electrons. The third-order valence-corrected chi connectivity index (χ3v) is 3.17. The molecule has 0 saturated heterocycles. The molecule has 1 aromatic heterocycles. The molecule has 1 aliphatic rings. The predicted molar refractivity (Wildman–Crippen MR) is 74.0 cm³/mol. The Morgan fingerprint density at radius 2 is 2.19 bits per heavy atom. The first-order valence-corrected chi connectivity index (χ1v) is 6.41. The van der Waals surface area contributed by atoms with Crippen molar-refractivity contribution in [3.63, 3.8) is 0 Å². The predicted octanol–water partition coefficient (Wildman–Crippen LogP) is 0.657. The van der Waals surface area contributed by atoms with E-state index in [0.717, 1.165) is 10.2 Å². The zero-order valence-electron chi connectivity index (χ0n) is 11.0. The summed E-state index contributed by atoms with van der Waals surface area (Å²) in [7, 11) is 0. The molecule has 1 unspecified atom stereocenters. The molecule has 1 aliphatic heterocycles. The third kappa shape index (κ3) is 2.55. The molecule has 21 heavy (non-hydrogen) atoms. The second kappa shape index (κ2) is 5.23. The number of nitrogens with zero attached hydrogens (tertiary/aromatic N) is 3. The van der Waals surface area contributed by atoms with Crippen LogP contribution in [0.2, 0.25) is 0 Å². The zero-order valence-corrected chi connectivity index (χ0v) is 11.0. The molecule has 8 heteroatoms. The number of aromatic nitrogens is 3. The van der Waals surface area contributed by atoms with Gasteiger partial charge in [0, 0.05) is 13.1 Å². The van der Waals surface area contributed by atoms with E-state index in [2.05, 4.69) is 20.7 Å². The van der Waals surface area contributed by atoms with Gasteiger partial charge in [0.1, 0.15) is 0 Å². The SMILES string of the molecule is O=C(O)C1CNc2nc(NCc3ccccc3)nn2C1=O. The van der Waals surface area contributed by atoms with Crippen molar-refractivity contribution < 1.29 is 14.7 Å². The Balaban J connectivity index is 1.74. The normalized spacial score (nSPS) is 17.0. The van der Waals surface area contributed by atoms with Gasteiger partial charge in [0.05, 0.1) is 0 Å². The fraction of sp³-hybridized carbons (Fsp3) is 0.231. The van der Waals surface area contributed by atoms with E-state index in [-0.39, 0.29) is 18.4 Å². The summed E-state index contributed by atoms with van der Waals surface area (Å²) in [5.41, 5.74) is 1.05. The van der Waals surface area contributed by atoms with Crippen LogP contribution in [0.1, 0.15) is 10.4 Å². The van der Waals surface area contributed by atoms with Gasteiger partial charge in [-0.2, -0.15) is 9.67 Å². The molecule has 0 spiro atoms. The van der Waals surface area contributed by atoms with Gasteiger partial charge in [0.15, 0.2) is 5.92 Å². The minimum Gasteiger partial charge on any atom is -0.481 e. The van der Waals surface area contributed by atoms with Gasteiger partial charge in [-0.15, -0.1) is 5.10 Å². The summed E-state index contributed by atoms with van der Waals surface area (Å²) in [6.07, 6.45) is 0. The third-order valence-electron chi connectivity index (χ3n) is 3.17. The van der Waals surface area contributed by atoms with Crippen LogP contribution in [-0.2, 0) is 11.3 Å². The molecule has 108 valence electrons. The maximum absolute atomic E-state index is 12.0. The van der Waals surface area contributed by atoms with Crippen LogP contribution in [0.15, 0.2) is 30.3 Å². The number of hydrogen-bond acceptors (Lipinski definition) is 6. The van der Waals surface area contributed by atoms with Crippen LogP contribution in [0, 0.1) is 5.92 Å². The van der Waals surface area contributed by atoms with Gasteiger partial charge >= 0.3 is 5.97 Å². The summed E-state index contributed by atoms with van der Waals surface area (Å²) in [6.45, 7) is 0.534. The molecule has 0 saturated carbocycles. The molecule has 0 aliphatic carbocycles. The van der Waals surface area contributed by atoms with Crippen LogP contribution >= 0.6 is 0 Å². The Morgan fingerprint density at radius 3 is 2.90 bits per heavy atom. The number of hydrogen-bond donors (Lipinski definition) is 3. The van der Waals surface area contributed by atoms with E-state index in [4.69, 9.17) is 5.11 Å². The first-order valence-electron chi connectivity index (χ1n) is 6.41. The summed E-state index contributed by atoms with van der Waals surface area (Å²) in [5.74, 6) is -2.36.